The molecule has 0 atom stereocenters. The first-order valence-electron chi connectivity index (χ1n) is 6.37. The third-order valence-corrected chi connectivity index (χ3v) is 3.58. The highest BCUT2D eigenvalue weighted by molar-refractivity contribution is 5.60. The van der Waals surface area contributed by atoms with Crippen molar-refractivity contribution in [3.05, 3.63) is 0 Å². The van der Waals surface area contributed by atoms with Crippen LogP contribution >= 0.6 is 0 Å². The third-order valence-electron chi connectivity index (χ3n) is 3.58. The van der Waals surface area contributed by atoms with Crippen molar-refractivity contribution in [1.82, 2.24) is 4.90 Å². The maximum atomic E-state index is 11.3. The van der Waals surface area contributed by atoms with Gasteiger partial charge < -0.3 is 9.69 Å². The minimum atomic E-state index is -0.0132. The van der Waals surface area contributed by atoms with E-state index in [4.69, 9.17) is 0 Å². The second kappa shape index (κ2) is 6.26. The molecule has 0 spiro atoms. The first kappa shape index (κ1) is 12.7. The van der Waals surface area contributed by atoms with Crippen LogP contribution in [-0.4, -0.2) is 31.3 Å². The maximum absolute atomic E-state index is 11.3. The molecule has 1 saturated carbocycles. The molecule has 0 amide bonds. The molecule has 0 saturated heterocycles. The molecule has 1 fully saturated rings. The molecule has 0 aromatic heterocycles. The lowest BCUT2D eigenvalue weighted by molar-refractivity contribution is -0.118. The minimum Gasteiger partial charge on any atom is -0.305 e. The molecule has 0 N–H and O–H groups in total. The highest BCUT2D eigenvalue weighted by Crippen LogP contribution is 2.34. The fraction of sp³-hybridized carbons (Fsp3) is 0.923. The standard InChI is InChI=1S/C13H25NO/c1-3-4-10-14(2)11-13(12-15)8-6-5-7-9-13/h12H,3-11H2,1-2H3. The lowest BCUT2D eigenvalue weighted by Crippen LogP contribution is -2.38. The van der Waals surface area contributed by atoms with Crippen molar-refractivity contribution in [3.63, 3.8) is 0 Å². The lowest BCUT2D eigenvalue weighted by atomic mass is 9.75. The van der Waals surface area contributed by atoms with Crippen molar-refractivity contribution >= 4 is 6.29 Å². The average Bonchev–Trinajstić information content (AvgIpc) is 2.27. The summed E-state index contributed by atoms with van der Waals surface area (Å²) in [6, 6.07) is 0. The largest absolute Gasteiger partial charge is 0.305 e. The van der Waals surface area contributed by atoms with Crippen molar-refractivity contribution in [2.75, 3.05) is 20.1 Å². The molecule has 0 heterocycles. The molecular formula is C13H25NO. The van der Waals surface area contributed by atoms with E-state index in [0.717, 1.165) is 25.9 Å². The molecule has 0 aliphatic heterocycles. The molecule has 2 nitrogen and oxygen atoms in total. The zero-order chi connectivity index (χ0) is 11.1. The molecule has 0 aromatic rings. The number of aldehydes is 1. The number of unbranched alkanes of at least 4 members (excludes halogenated alkanes) is 1. The molecule has 0 aromatic carbocycles. The topological polar surface area (TPSA) is 20.3 Å². The van der Waals surface area contributed by atoms with Crippen LogP contribution in [0.25, 0.3) is 0 Å². The summed E-state index contributed by atoms with van der Waals surface area (Å²) < 4.78 is 0. The summed E-state index contributed by atoms with van der Waals surface area (Å²) in [6.45, 7) is 4.31. The van der Waals surface area contributed by atoms with Gasteiger partial charge in [-0.25, -0.2) is 0 Å². The quantitative estimate of drug-likeness (QED) is 0.630. The second-order valence-electron chi connectivity index (χ2n) is 5.13. The van der Waals surface area contributed by atoms with Gasteiger partial charge in [0.05, 0.1) is 0 Å². The predicted octanol–water partition coefficient (Wildman–Crippen LogP) is 2.87. The van der Waals surface area contributed by atoms with E-state index in [2.05, 4.69) is 18.9 Å². The van der Waals surface area contributed by atoms with Gasteiger partial charge in [-0.15, -0.1) is 0 Å². The fourth-order valence-electron chi connectivity index (χ4n) is 2.61. The van der Waals surface area contributed by atoms with Gasteiger partial charge >= 0.3 is 0 Å². The van der Waals surface area contributed by atoms with Crippen LogP contribution in [0.15, 0.2) is 0 Å². The van der Waals surface area contributed by atoms with Gasteiger partial charge in [-0.1, -0.05) is 32.6 Å². The van der Waals surface area contributed by atoms with Crippen LogP contribution < -0.4 is 0 Å². The summed E-state index contributed by atoms with van der Waals surface area (Å²) in [5.41, 5.74) is -0.0132. The minimum absolute atomic E-state index is 0.0132. The summed E-state index contributed by atoms with van der Waals surface area (Å²) in [5.74, 6) is 0. The Labute approximate surface area is 94.0 Å². The summed E-state index contributed by atoms with van der Waals surface area (Å²) in [7, 11) is 2.15. The van der Waals surface area contributed by atoms with Crippen LogP contribution in [0.3, 0.4) is 0 Å². The van der Waals surface area contributed by atoms with Crippen molar-refractivity contribution in [1.29, 1.82) is 0 Å². The van der Waals surface area contributed by atoms with E-state index in [1.165, 1.54) is 38.4 Å². The van der Waals surface area contributed by atoms with Gasteiger partial charge in [0.2, 0.25) is 0 Å². The van der Waals surface area contributed by atoms with Crippen molar-refractivity contribution < 1.29 is 4.79 Å². The van der Waals surface area contributed by atoms with Crippen molar-refractivity contribution in [2.24, 2.45) is 5.41 Å². The molecule has 0 unspecified atom stereocenters. The van der Waals surface area contributed by atoms with E-state index in [9.17, 15) is 4.79 Å². The van der Waals surface area contributed by atoms with E-state index in [-0.39, 0.29) is 5.41 Å². The van der Waals surface area contributed by atoms with Crippen LogP contribution in [0.1, 0.15) is 51.9 Å². The van der Waals surface area contributed by atoms with Crippen LogP contribution in [0, 0.1) is 5.41 Å². The van der Waals surface area contributed by atoms with Crippen LogP contribution in [0.4, 0.5) is 0 Å². The van der Waals surface area contributed by atoms with Crippen LogP contribution in [0.2, 0.25) is 0 Å². The van der Waals surface area contributed by atoms with Crippen molar-refractivity contribution in [2.45, 2.75) is 51.9 Å². The number of hydrogen-bond acceptors (Lipinski definition) is 2. The Morgan fingerprint density at radius 3 is 2.47 bits per heavy atom. The predicted molar refractivity (Wildman–Crippen MR) is 64.0 cm³/mol. The Hall–Kier alpha value is -0.370. The summed E-state index contributed by atoms with van der Waals surface area (Å²) in [6.07, 6.45) is 9.70. The SMILES string of the molecule is CCCCN(C)CC1(C=O)CCCCC1. The third kappa shape index (κ3) is 3.94. The molecule has 1 aliphatic carbocycles. The number of hydrogen-bond donors (Lipinski definition) is 0. The Morgan fingerprint density at radius 1 is 1.27 bits per heavy atom. The normalized spacial score (nSPS) is 20.5. The molecule has 1 rings (SSSR count). The Kier molecular flexibility index (Phi) is 5.30. The zero-order valence-electron chi connectivity index (χ0n) is 10.3. The number of rotatable bonds is 6. The number of carbonyl (C=O) groups excluding carboxylic acids is 1. The Morgan fingerprint density at radius 2 is 1.93 bits per heavy atom. The van der Waals surface area contributed by atoms with Gasteiger partial charge in [-0.3, -0.25) is 0 Å². The van der Waals surface area contributed by atoms with Gasteiger partial charge in [0.25, 0.3) is 0 Å². The van der Waals surface area contributed by atoms with E-state index in [1.807, 2.05) is 0 Å². The fourth-order valence-corrected chi connectivity index (χ4v) is 2.61. The van der Waals surface area contributed by atoms with Crippen LogP contribution in [-0.2, 0) is 4.79 Å². The number of nitrogens with zero attached hydrogens (tertiary/aromatic N) is 1. The van der Waals surface area contributed by atoms with Gasteiger partial charge in [0.15, 0.2) is 0 Å². The average molecular weight is 211 g/mol. The summed E-state index contributed by atoms with van der Waals surface area (Å²) in [5, 5.41) is 0. The molecule has 15 heavy (non-hydrogen) atoms. The highest BCUT2D eigenvalue weighted by Gasteiger charge is 2.32. The summed E-state index contributed by atoms with van der Waals surface area (Å²) >= 11 is 0. The highest BCUT2D eigenvalue weighted by atomic mass is 16.1. The first-order chi connectivity index (χ1) is 7.22. The monoisotopic (exact) mass is 211 g/mol. The van der Waals surface area contributed by atoms with Crippen LogP contribution in [0.5, 0.6) is 0 Å². The molecule has 1 aliphatic rings. The molecule has 0 bridgehead atoms. The van der Waals surface area contributed by atoms with E-state index < -0.39 is 0 Å². The van der Waals surface area contributed by atoms with Gasteiger partial charge in [0, 0.05) is 12.0 Å². The molecule has 88 valence electrons. The van der Waals surface area contributed by atoms with Crippen molar-refractivity contribution in [3.8, 4) is 0 Å². The van der Waals surface area contributed by atoms with Gasteiger partial charge in [-0.05, 0) is 32.9 Å². The smallest absolute Gasteiger partial charge is 0.127 e. The van der Waals surface area contributed by atoms with Gasteiger partial charge in [-0.2, -0.15) is 0 Å². The Bertz CT molecular complexity index is 185. The van der Waals surface area contributed by atoms with E-state index >= 15 is 0 Å². The second-order valence-corrected chi connectivity index (χ2v) is 5.13. The van der Waals surface area contributed by atoms with E-state index in [1.54, 1.807) is 0 Å². The number of carbonyl (C=O) groups is 1. The zero-order valence-corrected chi connectivity index (χ0v) is 10.3. The van der Waals surface area contributed by atoms with Gasteiger partial charge in [0.1, 0.15) is 6.29 Å². The maximum Gasteiger partial charge on any atom is 0.127 e. The van der Waals surface area contributed by atoms with E-state index in [0.29, 0.717) is 0 Å². The summed E-state index contributed by atoms with van der Waals surface area (Å²) in [4.78, 5) is 13.6. The molecule has 0 radical (unpaired) electrons. The first-order valence-corrected chi connectivity index (χ1v) is 6.37. The molecule has 2 heteroatoms. The molecular weight excluding hydrogens is 186 g/mol. The Balaban J connectivity index is 2.40. The lowest BCUT2D eigenvalue weighted by Gasteiger charge is -2.35.